The highest BCUT2D eigenvalue weighted by Gasteiger charge is 2.17. The van der Waals surface area contributed by atoms with Gasteiger partial charge in [-0.05, 0) is 25.1 Å². The second-order valence-electron chi connectivity index (χ2n) is 4.31. The van der Waals surface area contributed by atoms with E-state index in [4.69, 9.17) is 10.5 Å². The van der Waals surface area contributed by atoms with Gasteiger partial charge in [0.15, 0.2) is 0 Å². The lowest BCUT2D eigenvalue weighted by molar-refractivity contribution is -0.114. The minimum Gasteiger partial charge on any atom is -0.462 e. The number of hydrogen-bond donors (Lipinski definition) is 2. The van der Waals surface area contributed by atoms with E-state index in [0.29, 0.717) is 11.4 Å². The number of nitrogens with zero attached hydrogens (tertiary/aromatic N) is 2. The first-order valence-electron chi connectivity index (χ1n) is 6.41. The van der Waals surface area contributed by atoms with Crippen molar-refractivity contribution in [1.29, 1.82) is 0 Å². The van der Waals surface area contributed by atoms with Gasteiger partial charge < -0.3 is 15.8 Å². The Morgan fingerprint density at radius 2 is 2.19 bits per heavy atom. The Labute approximate surface area is 121 Å². The van der Waals surface area contributed by atoms with E-state index in [1.807, 2.05) is 0 Å². The summed E-state index contributed by atoms with van der Waals surface area (Å²) in [6.45, 7) is 3.41. The number of esters is 1. The molecule has 0 aliphatic heterocycles. The van der Waals surface area contributed by atoms with Gasteiger partial charge in [0.2, 0.25) is 5.91 Å². The Hall–Kier alpha value is -2.83. The number of nitrogens with two attached hydrogens (primary N) is 1. The van der Waals surface area contributed by atoms with Crippen molar-refractivity contribution in [2.24, 2.45) is 0 Å². The molecule has 2 aromatic rings. The molecule has 3 N–H and O–H groups in total. The summed E-state index contributed by atoms with van der Waals surface area (Å²) < 4.78 is 6.32. The zero-order chi connectivity index (χ0) is 15.4. The van der Waals surface area contributed by atoms with Gasteiger partial charge in [0.25, 0.3) is 0 Å². The van der Waals surface area contributed by atoms with Gasteiger partial charge in [-0.15, -0.1) is 0 Å². The van der Waals surface area contributed by atoms with Crippen molar-refractivity contribution in [3.63, 3.8) is 0 Å². The third-order valence-electron chi connectivity index (χ3n) is 2.71. The van der Waals surface area contributed by atoms with Gasteiger partial charge in [-0.1, -0.05) is 6.07 Å². The Bertz CT molecular complexity index is 679. The smallest absolute Gasteiger partial charge is 0.343 e. The van der Waals surface area contributed by atoms with E-state index in [-0.39, 0.29) is 23.9 Å². The molecule has 7 nitrogen and oxygen atoms in total. The van der Waals surface area contributed by atoms with Crippen LogP contribution in [0.25, 0.3) is 5.69 Å². The number of aromatic nitrogens is 2. The van der Waals surface area contributed by atoms with Crippen molar-refractivity contribution in [3.05, 3.63) is 36.0 Å². The molecule has 0 aliphatic carbocycles. The summed E-state index contributed by atoms with van der Waals surface area (Å²) in [5.41, 5.74) is 7.39. The lowest BCUT2D eigenvalue weighted by Gasteiger charge is -2.08. The first-order valence-corrected chi connectivity index (χ1v) is 6.41. The molecule has 0 aliphatic rings. The van der Waals surface area contributed by atoms with Gasteiger partial charge in [0.05, 0.1) is 18.5 Å². The van der Waals surface area contributed by atoms with Gasteiger partial charge in [-0.3, -0.25) is 4.79 Å². The molecule has 2 rings (SSSR count). The number of nitrogens with one attached hydrogen (secondary N) is 1. The zero-order valence-electron chi connectivity index (χ0n) is 11.8. The predicted molar refractivity (Wildman–Crippen MR) is 78.2 cm³/mol. The summed E-state index contributed by atoms with van der Waals surface area (Å²) in [7, 11) is 0. The van der Waals surface area contributed by atoms with E-state index in [2.05, 4.69) is 10.4 Å². The van der Waals surface area contributed by atoms with E-state index in [1.54, 1.807) is 31.2 Å². The van der Waals surface area contributed by atoms with Gasteiger partial charge in [0.1, 0.15) is 11.4 Å². The topological polar surface area (TPSA) is 99.2 Å². The molecule has 0 radical (unpaired) electrons. The fourth-order valence-electron chi connectivity index (χ4n) is 1.85. The molecular weight excluding hydrogens is 272 g/mol. The SMILES string of the molecule is CCOC(=O)c1cnn(-c2cccc(NC(C)=O)c2)c1N. The van der Waals surface area contributed by atoms with Crippen LogP contribution in [0.1, 0.15) is 24.2 Å². The van der Waals surface area contributed by atoms with Crippen molar-refractivity contribution in [1.82, 2.24) is 9.78 Å². The molecule has 1 heterocycles. The second kappa shape index (κ2) is 6.08. The minimum absolute atomic E-state index is 0.173. The lowest BCUT2D eigenvalue weighted by Crippen LogP contribution is -2.09. The number of hydrogen-bond acceptors (Lipinski definition) is 5. The highest BCUT2D eigenvalue weighted by molar-refractivity contribution is 5.94. The van der Waals surface area contributed by atoms with Crippen molar-refractivity contribution in [3.8, 4) is 5.69 Å². The van der Waals surface area contributed by atoms with Crippen LogP contribution in [-0.2, 0) is 9.53 Å². The number of benzene rings is 1. The van der Waals surface area contributed by atoms with Crippen LogP contribution < -0.4 is 11.1 Å². The first kappa shape index (κ1) is 14.6. The van der Waals surface area contributed by atoms with Crippen LogP contribution in [0.3, 0.4) is 0 Å². The van der Waals surface area contributed by atoms with Crippen molar-refractivity contribution in [2.45, 2.75) is 13.8 Å². The number of amides is 1. The summed E-state index contributed by atoms with van der Waals surface area (Å²) in [6.07, 6.45) is 1.36. The van der Waals surface area contributed by atoms with E-state index < -0.39 is 5.97 Å². The largest absolute Gasteiger partial charge is 0.462 e. The second-order valence-corrected chi connectivity index (χ2v) is 4.31. The molecule has 1 amide bonds. The molecule has 110 valence electrons. The van der Waals surface area contributed by atoms with E-state index in [0.717, 1.165) is 0 Å². The van der Waals surface area contributed by atoms with Gasteiger partial charge in [-0.25, -0.2) is 9.48 Å². The number of nitrogen functional groups attached to an aromatic ring is 1. The molecule has 7 heteroatoms. The minimum atomic E-state index is -0.515. The molecule has 0 atom stereocenters. The molecule has 0 spiro atoms. The average molecular weight is 288 g/mol. The summed E-state index contributed by atoms with van der Waals surface area (Å²) in [5.74, 6) is -0.500. The standard InChI is InChI=1S/C14H16N4O3/c1-3-21-14(20)12-8-16-18(13(12)15)11-6-4-5-10(7-11)17-9(2)19/h4-8H,3,15H2,1-2H3,(H,17,19). The van der Waals surface area contributed by atoms with Gasteiger partial charge in [-0.2, -0.15) is 5.10 Å². The van der Waals surface area contributed by atoms with E-state index >= 15 is 0 Å². The Morgan fingerprint density at radius 3 is 2.86 bits per heavy atom. The number of ether oxygens (including phenoxy) is 1. The highest BCUT2D eigenvalue weighted by Crippen LogP contribution is 2.20. The molecule has 0 bridgehead atoms. The van der Waals surface area contributed by atoms with Crippen LogP contribution in [-0.4, -0.2) is 28.3 Å². The molecule has 1 aromatic carbocycles. The monoisotopic (exact) mass is 288 g/mol. The van der Waals surface area contributed by atoms with Crippen LogP contribution in [0.2, 0.25) is 0 Å². The number of carbonyl (C=O) groups excluding carboxylic acids is 2. The van der Waals surface area contributed by atoms with Crippen LogP contribution in [0.4, 0.5) is 11.5 Å². The van der Waals surface area contributed by atoms with Crippen molar-refractivity contribution in [2.75, 3.05) is 17.7 Å². The maximum atomic E-state index is 11.7. The maximum absolute atomic E-state index is 11.7. The van der Waals surface area contributed by atoms with Crippen LogP contribution in [0, 0.1) is 0 Å². The molecular formula is C14H16N4O3. The van der Waals surface area contributed by atoms with Crippen LogP contribution >= 0.6 is 0 Å². The molecule has 1 aromatic heterocycles. The molecule has 21 heavy (non-hydrogen) atoms. The highest BCUT2D eigenvalue weighted by atomic mass is 16.5. The number of anilines is 2. The maximum Gasteiger partial charge on any atom is 0.343 e. The Morgan fingerprint density at radius 1 is 1.43 bits per heavy atom. The first-order chi connectivity index (χ1) is 10.0. The molecule has 0 unspecified atom stereocenters. The quantitative estimate of drug-likeness (QED) is 0.832. The average Bonchev–Trinajstić information content (AvgIpc) is 2.80. The Kier molecular flexibility index (Phi) is 4.22. The molecule has 0 fully saturated rings. The third-order valence-corrected chi connectivity index (χ3v) is 2.71. The summed E-state index contributed by atoms with van der Waals surface area (Å²) in [4.78, 5) is 22.8. The summed E-state index contributed by atoms with van der Waals surface area (Å²) >= 11 is 0. The third kappa shape index (κ3) is 3.19. The van der Waals surface area contributed by atoms with Crippen LogP contribution in [0.15, 0.2) is 30.5 Å². The summed E-state index contributed by atoms with van der Waals surface area (Å²) in [5, 5.41) is 6.76. The van der Waals surface area contributed by atoms with Crippen molar-refractivity contribution < 1.29 is 14.3 Å². The number of rotatable bonds is 4. The van der Waals surface area contributed by atoms with Gasteiger partial charge in [0, 0.05) is 12.6 Å². The van der Waals surface area contributed by atoms with Gasteiger partial charge >= 0.3 is 5.97 Å². The van der Waals surface area contributed by atoms with Crippen molar-refractivity contribution >= 4 is 23.4 Å². The van der Waals surface area contributed by atoms with E-state index in [9.17, 15) is 9.59 Å². The lowest BCUT2D eigenvalue weighted by atomic mass is 10.2. The fraction of sp³-hybridized carbons (Fsp3) is 0.214. The predicted octanol–water partition coefficient (Wildman–Crippen LogP) is 1.59. The molecule has 0 saturated carbocycles. The Balaban J connectivity index is 2.34. The van der Waals surface area contributed by atoms with E-state index in [1.165, 1.54) is 17.8 Å². The zero-order valence-corrected chi connectivity index (χ0v) is 11.8. The number of carbonyl (C=O) groups is 2. The normalized spacial score (nSPS) is 10.2. The molecule has 0 saturated heterocycles. The fourth-order valence-corrected chi connectivity index (χ4v) is 1.85. The van der Waals surface area contributed by atoms with Crippen LogP contribution in [0.5, 0.6) is 0 Å². The summed E-state index contributed by atoms with van der Waals surface area (Å²) in [6, 6.07) is 6.98.